The summed E-state index contributed by atoms with van der Waals surface area (Å²) in [5, 5.41) is 5.55. The number of nitrogens with zero attached hydrogens (tertiary/aromatic N) is 6. The van der Waals surface area contributed by atoms with Gasteiger partial charge in [0.15, 0.2) is 5.65 Å². The highest BCUT2D eigenvalue weighted by Crippen LogP contribution is 2.36. The number of aryl methyl sites for hydroxylation is 1. The maximum atomic E-state index is 5.98. The van der Waals surface area contributed by atoms with Gasteiger partial charge >= 0.3 is 0 Å². The summed E-state index contributed by atoms with van der Waals surface area (Å²) in [5.41, 5.74) is 12.5. The third-order valence-corrected chi connectivity index (χ3v) is 7.75. The molecule has 5 heterocycles. The van der Waals surface area contributed by atoms with Gasteiger partial charge in [-0.15, -0.1) is 0 Å². The lowest BCUT2D eigenvalue weighted by Crippen LogP contribution is -2.61. The number of anilines is 2. The molecule has 6 rings (SSSR count). The highest BCUT2D eigenvalue weighted by molar-refractivity contribution is 5.89. The smallest absolute Gasteiger partial charge is 0.159 e. The second kappa shape index (κ2) is 7.74. The van der Waals surface area contributed by atoms with Crippen molar-refractivity contribution < 1.29 is 0 Å². The minimum atomic E-state index is 0.399. The van der Waals surface area contributed by atoms with Gasteiger partial charge in [-0.1, -0.05) is 13.0 Å². The Labute approximate surface area is 189 Å². The standard InChI is InChI=1S/C25H33N7/c1-17-13-32(24-5-8-27-25-23(24)12-28-29(25)2)14-18-3-4-21(11-22(17)18)30-9-6-20(7-10-30)31-15-19(26)16-31/h3-5,8,11-12,17,19-20H,6-7,9-10,13-16,26H2,1-2H3/t17-/m0/s1. The van der Waals surface area contributed by atoms with Gasteiger partial charge in [-0.2, -0.15) is 5.10 Å². The summed E-state index contributed by atoms with van der Waals surface area (Å²) in [7, 11) is 1.95. The quantitative estimate of drug-likeness (QED) is 0.688. The lowest BCUT2D eigenvalue weighted by Gasteiger charge is -2.46. The van der Waals surface area contributed by atoms with Crippen LogP contribution in [-0.4, -0.2) is 64.5 Å². The van der Waals surface area contributed by atoms with Gasteiger partial charge in [-0.05, 0) is 48.1 Å². The molecule has 7 heteroatoms. The summed E-state index contributed by atoms with van der Waals surface area (Å²) in [4.78, 5) is 12.2. The van der Waals surface area contributed by atoms with Gasteiger partial charge < -0.3 is 15.5 Å². The van der Waals surface area contributed by atoms with E-state index in [2.05, 4.69) is 56.0 Å². The highest BCUT2D eigenvalue weighted by atomic mass is 15.3. The maximum Gasteiger partial charge on any atom is 0.159 e. The van der Waals surface area contributed by atoms with Gasteiger partial charge in [-0.3, -0.25) is 9.58 Å². The molecule has 2 saturated heterocycles. The van der Waals surface area contributed by atoms with Gasteiger partial charge in [0.25, 0.3) is 0 Å². The van der Waals surface area contributed by atoms with E-state index in [1.54, 1.807) is 0 Å². The van der Waals surface area contributed by atoms with Crippen LogP contribution in [0.15, 0.2) is 36.7 Å². The number of pyridine rings is 1. The van der Waals surface area contributed by atoms with Crippen molar-refractivity contribution in [2.45, 2.75) is 44.3 Å². The topological polar surface area (TPSA) is 66.5 Å². The zero-order valence-electron chi connectivity index (χ0n) is 19.1. The predicted octanol–water partition coefficient (Wildman–Crippen LogP) is 2.70. The largest absolute Gasteiger partial charge is 0.371 e. The molecule has 3 aliphatic rings. The Bertz CT molecular complexity index is 1120. The molecule has 1 atom stereocenters. The van der Waals surface area contributed by atoms with Crippen LogP contribution in [0.5, 0.6) is 0 Å². The zero-order chi connectivity index (χ0) is 21.8. The van der Waals surface area contributed by atoms with Crippen LogP contribution in [0.25, 0.3) is 11.0 Å². The van der Waals surface area contributed by atoms with Crippen molar-refractivity contribution in [2.75, 3.05) is 42.5 Å². The number of fused-ring (bicyclic) bond motifs is 2. The molecule has 0 unspecified atom stereocenters. The predicted molar refractivity (Wildman–Crippen MR) is 129 cm³/mol. The molecule has 2 fully saturated rings. The molecule has 2 aromatic heterocycles. The first-order valence-corrected chi connectivity index (χ1v) is 12.0. The van der Waals surface area contributed by atoms with Crippen molar-refractivity contribution in [3.8, 4) is 0 Å². The minimum Gasteiger partial charge on any atom is -0.371 e. The number of benzene rings is 1. The Morgan fingerprint density at radius 1 is 1.03 bits per heavy atom. The van der Waals surface area contributed by atoms with Crippen LogP contribution in [0.1, 0.15) is 36.8 Å². The van der Waals surface area contributed by atoms with Gasteiger partial charge in [0.2, 0.25) is 0 Å². The van der Waals surface area contributed by atoms with Gasteiger partial charge in [-0.25, -0.2) is 4.98 Å². The van der Waals surface area contributed by atoms with Crippen LogP contribution in [0.3, 0.4) is 0 Å². The number of aromatic nitrogens is 3. The third-order valence-electron chi connectivity index (χ3n) is 7.75. The zero-order valence-corrected chi connectivity index (χ0v) is 19.1. The third kappa shape index (κ3) is 3.35. The summed E-state index contributed by atoms with van der Waals surface area (Å²) in [6.07, 6.45) is 6.34. The van der Waals surface area contributed by atoms with E-state index in [1.807, 2.05) is 24.1 Å². The lowest BCUT2D eigenvalue weighted by atomic mass is 9.89. The van der Waals surface area contributed by atoms with Crippen LogP contribution in [0.2, 0.25) is 0 Å². The summed E-state index contributed by atoms with van der Waals surface area (Å²) >= 11 is 0. The average Bonchev–Trinajstić information content (AvgIpc) is 3.18. The van der Waals surface area contributed by atoms with Crippen molar-refractivity contribution in [1.82, 2.24) is 19.7 Å². The molecule has 0 aliphatic carbocycles. The van der Waals surface area contributed by atoms with E-state index >= 15 is 0 Å². The average molecular weight is 432 g/mol. The minimum absolute atomic E-state index is 0.399. The first-order valence-electron chi connectivity index (χ1n) is 12.0. The Balaban J connectivity index is 1.19. The van der Waals surface area contributed by atoms with Crippen molar-refractivity contribution in [2.24, 2.45) is 12.8 Å². The van der Waals surface area contributed by atoms with Crippen LogP contribution >= 0.6 is 0 Å². The fourth-order valence-corrected chi connectivity index (χ4v) is 5.91. The van der Waals surface area contributed by atoms with Gasteiger partial charge in [0, 0.05) is 70.3 Å². The molecular formula is C25H33N7. The normalized spacial score (nSPS) is 22.9. The highest BCUT2D eigenvalue weighted by Gasteiger charge is 2.32. The Morgan fingerprint density at radius 2 is 1.84 bits per heavy atom. The van der Waals surface area contributed by atoms with E-state index in [0.717, 1.165) is 56.3 Å². The number of hydrogen-bond donors (Lipinski definition) is 1. The maximum absolute atomic E-state index is 5.98. The van der Waals surface area contributed by atoms with Gasteiger partial charge in [0.1, 0.15) is 0 Å². The van der Waals surface area contributed by atoms with Crippen molar-refractivity contribution in [1.29, 1.82) is 0 Å². The van der Waals surface area contributed by atoms with Crippen LogP contribution in [0.4, 0.5) is 11.4 Å². The second-order valence-electron chi connectivity index (χ2n) is 9.93. The molecule has 0 amide bonds. The number of likely N-dealkylation sites (tertiary alicyclic amines) is 1. The van der Waals surface area contributed by atoms with Crippen molar-refractivity contribution in [3.05, 3.63) is 47.8 Å². The Morgan fingerprint density at radius 3 is 2.62 bits per heavy atom. The molecule has 1 aromatic carbocycles. The number of rotatable bonds is 3. The summed E-state index contributed by atoms with van der Waals surface area (Å²) < 4.78 is 1.85. The summed E-state index contributed by atoms with van der Waals surface area (Å²) in [6, 6.07) is 10.4. The first-order chi connectivity index (χ1) is 15.6. The second-order valence-corrected chi connectivity index (χ2v) is 9.93. The molecule has 32 heavy (non-hydrogen) atoms. The fraction of sp³-hybridized carbons (Fsp3) is 0.520. The number of hydrogen-bond acceptors (Lipinski definition) is 6. The van der Waals surface area contributed by atoms with E-state index in [1.165, 1.54) is 35.3 Å². The van der Waals surface area contributed by atoms with Crippen LogP contribution in [-0.2, 0) is 13.6 Å². The first kappa shape index (κ1) is 20.0. The van der Waals surface area contributed by atoms with Crippen LogP contribution < -0.4 is 15.5 Å². The van der Waals surface area contributed by atoms with E-state index in [9.17, 15) is 0 Å². The molecule has 0 radical (unpaired) electrons. The molecule has 2 N–H and O–H groups in total. The molecule has 0 spiro atoms. The SMILES string of the molecule is C[C@H]1CN(c2ccnc3c2cnn3C)Cc2ccc(N3CCC(N4CC(N)C4)CC3)cc21. The molecule has 3 aromatic rings. The fourth-order valence-electron chi connectivity index (χ4n) is 5.91. The van der Waals surface area contributed by atoms with E-state index < -0.39 is 0 Å². The van der Waals surface area contributed by atoms with Crippen molar-refractivity contribution in [3.63, 3.8) is 0 Å². The molecule has 7 nitrogen and oxygen atoms in total. The van der Waals surface area contributed by atoms with Crippen molar-refractivity contribution >= 4 is 22.4 Å². The molecule has 168 valence electrons. The summed E-state index contributed by atoms with van der Waals surface area (Å²) in [5.74, 6) is 0.485. The molecule has 3 aliphatic heterocycles. The van der Waals surface area contributed by atoms with Crippen LogP contribution in [0, 0.1) is 0 Å². The Kier molecular flexibility index (Phi) is 4.84. The van der Waals surface area contributed by atoms with E-state index in [-0.39, 0.29) is 0 Å². The van der Waals surface area contributed by atoms with Gasteiger partial charge in [0.05, 0.1) is 17.3 Å². The molecular weight excluding hydrogens is 398 g/mol. The van der Waals surface area contributed by atoms with E-state index in [0.29, 0.717) is 12.0 Å². The number of piperidine rings is 1. The molecule has 0 bridgehead atoms. The lowest BCUT2D eigenvalue weighted by molar-refractivity contribution is 0.0792. The Hall–Kier alpha value is -2.64. The molecule has 0 saturated carbocycles. The number of nitrogens with two attached hydrogens (primary N) is 1. The summed E-state index contributed by atoms with van der Waals surface area (Å²) in [6.45, 7) is 8.76. The monoisotopic (exact) mass is 431 g/mol. The van der Waals surface area contributed by atoms with E-state index in [4.69, 9.17) is 5.73 Å².